The van der Waals surface area contributed by atoms with Gasteiger partial charge in [-0.25, -0.2) is 17.6 Å². The summed E-state index contributed by atoms with van der Waals surface area (Å²) in [7, 11) is 0. The summed E-state index contributed by atoms with van der Waals surface area (Å²) in [6, 6.07) is 0. The SMILES string of the molecule is CCCCCCN(CC(C)CCC(CC)CCC)c1c(F)c(C)c(F)c(F)c1F. The standard InChI is InChI=1S/C24H39F4N/c1-6-9-10-11-15-29(16-17(4)13-14-19(8-3)12-7-2)24-21(26)18(5)20(25)22(27)23(24)28/h17,19H,6-16H2,1-5H3. The fraction of sp³-hybridized carbons (Fsp3) is 0.750. The minimum atomic E-state index is -1.58. The lowest BCUT2D eigenvalue weighted by Gasteiger charge is -2.30. The van der Waals surface area contributed by atoms with Gasteiger partial charge in [-0.05, 0) is 31.6 Å². The van der Waals surface area contributed by atoms with Crippen LogP contribution >= 0.6 is 0 Å². The van der Waals surface area contributed by atoms with Crippen molar-refractivity contribution in [3.05, 3.63) is 28.8 Å². The molecule has 0 saturated carbocycles. The molecule has 0 aromatic heterocycles. The van der Waals surface area contributed by atoms with Crippen LogP contribution in [0.1, 0.15) is 91.0 Å². The number of nitrogens with zero attached hydrogens (tertiary/aromatic N) is 1. The fourth-order valence-corrected chi connectivity index (χ4v) is 3.99. The van der Waals surface area contributed by atoms with Crippen LogP contribution in [0.15, 0.2) is 0 Å². The van der Waals surface area contributed by atoms with E-state index in [1.165, 1.54) is 6.42 Å². The Balaban J connectivity index is 3.00. The summed E-state index contributed by atoms with van der Waals surface area (Å²) < 4.78 is 57.1. The minimum absolute atomic E-state index is 0.208. The molecule has 1 rings (SSSR count). The highest BCUT2D eigenvalue weighted by atomic mass is 19.2. The number of hydrogen-bond acceptors (Lipinski definition) is 1. The van der Waals surface area contributed by atoms with Crippen LogP contribution in [0.25, 0.3) is 0 Å². The van der Waals surface area contributed by atoms with Crippen molar-refractivity contribution in [2.75, 3.05) is 18.0 Å². The van der Waals surface area contributed by atoms with Crippen LogP contribution in [0.5, 0.6) is 0 Å². The van der Waals surface area contributed by atoms with E-state index < -0.39 is 34.5 Å². The van der Waals surface area contributed by atoms with Crippen molar-refractivity contribution in [1.82, 2.24) is 0 Å². The molecule has 5 heteroatoms. The number of unbranched alkanes of at least 4 members (excludes halogenated alkanes) is 3. The van der Waals surface area contributed by atoms with E-state index in [2.05, 4.69) is 27.7 Å². The first-order valence-corrected chi connectivity index (χ1v) is 11.4. The van der Waals surface area contributed by atoms with E-state index in [9.17, 15) is 17.6 Å². The maximum Gasteiger partial charge on any atom is 0.197 e. The smallest absolute Gasteiger partial charge is 0.197 e. The van der Waals surface area contributed by atoms with Crippen LogP contribution in [0.3, 0.4) is 0 Å². The highest BCUT2D eigenvalue weighted by molar-refractivity contribution is 5.52. The van der Waals surface area contributed by atoms with Crippen molar-refractivity contribution in [3.8, 4) is 0 Å². The zero-order chi connectivity index (χ0) is 22.0. The molecule has 0 bridgehead atoms. The van der Waals surface area contributed by atoms with Crippen LogP contribution in [-0.2, 0) is 0 Å². The van der Waals surface area contributed by atoms with Crippen molar-refractivity contribution in [2.45, 2.75) is 92.4 Å². The second kappa shape index (κ2) is 13.1. The van der Waals surface area contributed by atoms with Crippen molar-refractivity contribution in [3.63, 3.8) is 0 Å². The maximum absolute atomic E-state index is 14.8. The molecule has 1 aromatic rings. The molecule has 0 aliphatic rings. The lowest BCUT2D eigenvalue weighted by molar-refractivity contribution is 0.373. The third-order valence-corrected chi connectivity index (χ3v) is 5.93. The average molecular weight is 418 g/mol. The first kappa shape index (κ1) is 25.8. The largest absolute Gasteiger partial charge is 0.366 e. The monoisotopic (exact) mass is 417 g/mol. The Bertz CT molecular complexity index is 588. The fourth-order valence-electron chi connectivity index (χ4n) is 3.99. The molecular weight excluding hydrogens is 378 g/mol. The van der Waals surface area contributed by atoms with E-state index in [0.29, 0.717) is 19.0 Å². The second-order valence-electron chi connectivity index (χ2n) is 8.48. The first-order valence-electron chi connectivity index (χ1n) is 11.4. The van der Waals surface area contributed by atoms with Crippen molar-refractivity contribution < 1.29 is 17.6 Å². The third kappa shape index (κ3) is 7.49. The molecule has 0 saturated heterocycles. The van der Waals surface area contributed by atoms with Crippen molar-refractivity contribution >= 4 is 5.69 Å². The molecule has 2 atom stereocenters. The molecule has 168 valence electrons. The van der Waals surface area contributed by atoms with Crippen molar-refractivity contribution in [1.29, 1.82) is 0 Å². The van der Waals surface area contributed by atoms with Gasteiger partial charge in [-0.2, -0.15) is 0 Å². The van der Waals surface area contributed by atoms with Gasteiger partial charge in [0.1, 0.15) is 5.69 Å². The number of hydrogen-bond donors (Lipinski definition) is 0. The molecule has 0 aliphatic heterocycles. The Morgan fingerprint density at radius 2 is 1.45 bits per heavy atom. The summed E-state index contributed by atoms with van der Waals surface area (Å²) in [6.45, 7) is 10.6. The minimum Gasteiger partial charge on any atom is -0.366 e. The Labute approximate surface area is 174 Å². The Kier molecular flexibility index (Phi) is 11.7. The van der Waals surface area contributed by atoms with Crippen LogP contribution in [0, 0.1) is 42.0 Å². The van der Waals surface area contributed by atoms with Crippen molar-refractivity contribution in [2.24, 2.45) is 11.8 Å². The van der Waals surface area contributed by atoms with Gasteiger partial charge in [0.25, 0.3) is 0 Å². The molecule has 0 N–H and O–H groups in total. The lowest BCUT2D eigenvalue weighted by atomic mass is 9.91. The highest BCUT2D eigenvalue weighted by Gasteiger charge is 2.27. The van der Waals surface area contributed by atoms with Crippen LogP contribution < -0.4 is 4.90 Å². The molecule has 0 spiro atoms. The van der Waals surface area contributed by atoms with E-state index in [1.54, 1.807) is 4.90 Å². The van der Waals surface area contributed by atoms with Gasteiger partial charge in [0.15, 0.2) is 23.3 Å². The molecular formula is C24H39F4N. The molecule has 0 amide bonds. The van der Waals surface area contributed by atoms with Gasteiger partial charge in [-0.1, -0.05) is 72.6 Å². The van der Waals surface area contributed by atoms with E-state index in [1.807, 2.05) is 0 Å². The van der Waals surface area contributed by atoms with Gasteiger partial charge < -0.3 is 4.90 Å². The molecule has 29 heavy (non-hydrogen) atoms. The first-order chi connectivity index (χ1) is 13.8. The predicted octanol–water partition coefficient (Wildman–Crippen LogP) is 8.18. The van der Waals surface area contributed by atoms with E-state index >= 15 is 0 Å². The molecule has 0 heterocycles. The summed E-state index contributed by atoms with van der Waals surface area (Å²) in [5, 5.41) is 0. The molecule has 0 fully saturated rings. The molecule has 0 radical (unpaired) electrons. The summed E-state index contributed by atoms with van der Waals surface area (Å²) in [5.74, 6) is -4.54. The Morgan fingerprint density at radius 3 is 2.03 bits per heavy atom. The normalized spacial score (nSPS) is 13.6. The number of rotatable bonds is 14. The molecule has 0 aliphatic carbocycles. The van der Waals surface area contributed by atoms with E-state index in [4.69, 9.17) is 0 Å². The van der Waals surface area contributed by atoms with Gasteiger partial charge >= 0.3 is 0 Å². The summed E-state index contributed by atoms with van der Waals surface area (Å²) in [4.78, 5) is 1.60. The third-order valence-electron chi connectivity index (χ3n) is 5.93. The maximum atomic E-state index is 14.8. The summed E-state index contributed by atoms with van der Waals surface area (Å²) >= 11 is 0. The van der Waals surface area contributed by atoms with Gasteiger partial charge in [-0.3, -0.25) is 0 Å². The molecule has 1 aromatic carbocycles. The van der Waals surface area contributed by atoms with Gasteiger partial charge in [0.2, 0.25) is 0 Å². The number of benzene rings is 1. The van der Waals surface area contributed by atoms with E-state index in [0.717, 1.165) is 58.3 Å². The van der Waals surface area contributed by atoms with E-state index in [-0.39, 0.29) is 5.92 Å². The molecule has 2 unspecified atom stereocenters. The zero-order valence-corrected chi connectivity index (χ0v) is 18.9. The quantitative estimate of drug-likeness (QED) is 0.128. The van der Waals surface area contributed by atoms with Crippen LogP contribution in [0.2, 0.25) is 0 Å². The zero-order valence-electron chi connectivity index (χ0n) is 18.9. The topological polar surface area (TPSA) is 3.24 Å². The van der Waals surface area contributed by atoms with Crippen LogP contribution in [0.4, 0.5) is 23.2 Å². The average Bonchev–Trinajstić information content (AvgIpc) is 2.71. The second-order valence-corrected chi connectivity index (χ2v) is 8.48. The Hall–Kier alpha value is -1.26. The van der Waals surface area contributed by atoms with Crippen LogP contribution in [-0.4, -0.2) is 13.1 Å². The lowest BCUT2D eigenvalue weighted by Crippen LogP contribution is -2.32. The van der Waals surface area contributed by atoms with Gasteiger partial charge in [-0.15, -0.1) is 0 Å². The predicted molar refractivity (Wildman–Crippen MR) is 114 cm³/mol. The number of halogens is 4. The summed E-state index contributed by atoms with van der Waals surface area (Å²) in [6.07, 6.45) is 9.32. The summed E-state index contributed by atoms with van der Waals surface area (Å²) in [5.41, 5.74) is -0.871. The van der Waals surface area contributed by atoms with Gasteiger partial charge in [0, 0.05) is 18.7 Å². The highest BCUT2D eigenvalue weighted by Crippen LogP contribution is 2.32. The number of anilines is 1. The molecule has 1 nitrogen and oxygen atoms in total. The van der Waals surface area contributed by atoms with Gasteiger partial charge in [0.05, 0.1) is 0 Å². The Morgan fingerprint density at radius 1 is 0.759 bits per heavy atom.